The topological polar surface area (TPSA) is 25.2 Å². The molecule has 0 saturated carbocycles. The van der Waals surface area contributed by atoms with Gasteiger partial charge < -0.3 is 9.73 Å². The van der Waals surface area contributed by atoms with Gasteiger partial charge in [-0.2, -0.15) is 0 Å². The molecule has 3 heteroatoms. The first-order valence-corrected chi connectivity index (χ1v) is 8.23. The van der Waals surface area contributed by atoms with E-state index in [0.29, 0.717) is 5.92 Å². The molecule has 0 atom stereocenters. The van der Waals surface area contributed by atoms with Crippen LogP contribution in [-0.4, -0.2) is 6.54 Å². The average molecular weight is 338 g/mol. The third kappa shape index (κ3) is 3.44. The Morgan fingerprint density at radius 3 is 2.70 bits per heavy atom. The summed E-state index contributed by atoms with van der Waals surface area (Å²) in [7, 11) is 0. The van der Waals surface area contributed by atoms with Crippen molar-refractivity contribution in [1.29, 1.82) is 0 Å². The van der Waals surface area contributed by atoms with Crippen molar-refractivity contribution in [2.75, 3.05) is 6.54 Å². The zero-order valence-electron chi connectivity index (χ0n) is 12.8. The number of rotatable bonds is 6. The normalized spacial score (nSPS) is 11.7. The second kappa shape index (κ2) is 6.77. The van der Waals surface area contributed by atoms with E-state index in [0.717, 1.165) is 41.7 Å². The monoisotopic (exact) mass is 337 g/mol. The minimum Gasteiger partial charge on any atom is -0.459 e. The molecule has 1 aromatic carbocycles. The van der Waals surface area contributed by atoms with Gasteiger partial charge in [-0.05, 0) is 49.9 Å². The van der Waals surface area contributed by atoms with Gasteiger partial charge in [0.15, 0.2) is 0 Å². The highest BCUT2D eigenvalue weighted by molar-refractivity contribution is 9.10. The van der Waals surface area contributed by atoms with E-state index < -0.39 is 0 Å². The molecular weight excluding hydrogens is 314 g/mol. The minimum absolute atomic E-state index is 0.625. The molecule has 0 saturated heterocycles. The first kappa shape index (κ1) is 15.6. The first-order valence-electron chi connectivity index (χ1n) is 7.44. The summed E-state index contributed by atoms with van der Waals surface area (Å²) in [4.78, 5) is 0. The van der Waals surface area contributed by atoms with E-state index in [9.17, 15) is 0 Å². The van der Waals surface area contributed by atoms with Crippen LogP contribution in [0.4, 0.5) is 0 Å². The Kier molecular flexibility index (Phi) is 5.28. The zero-order chi connectivity index (χ0) is 14.7. The van der Waals surface area contributed by atoms with Crippen molar-refractivity contribution in [2.24, 2.45) is 5.92 Å². The molecule has 2 nitrogen and oxygen atoms in total. The molecule has 0 aliphatic carbocycles. The summed E-state index contributed by atoms with van der Waals surface area (Å²) in [6.07, 6.45) is 2.20. The molecular formula is C17H24BrNO. The van der Waals surface area contributed by atoms with E-state index in [2.05, 4.69) is 61.1 Å². The number of aryl methyl sites for hydroxylation is 1. The van der Waals surface area contributed by atoms with E-state index in [1.807, 2.05) is 0 Å². The van der Waals surface area contributed by atoms with Gasteiger partial charge in [0, 0.05) is 15.4 Å². The second-order valence-corrected chi connectivity index (χ2v) is 6.79. The van der Waals surface area contributed by atoms with Crippen LogP contribution in [0, 0.1) is 12.8 Å². The van der Waals surface area contributed by atoms with Gasteiger partial charge in [0.1, 0.15) is 11.3 Å². The molecule has 0 aliphatic rings. The lowest BCUT2D eigenvalue weighted by molar-refractivity contribution is 0.500. The van der Waals surface area contributed by atoms with Gasteiger partial charge in [-0.1, -0.05) is 36.7 Å². The fourth-order valence-electron chi connectivity index (χ4n) is 2.58. The maximum absolute atomic E-state index is 6.15. The first-order chi connectivity index (χ1) is 9.52. The summed E-state index contributed by atoms with van der Waals surface area (Å²) in [6, 6.07) is 4.31. The van der Waals surface area contributed by atoms with Crippen LogP contribution < -0.4 is 5.32 Å². The van der Waals surface area contributed by atoms with Crippen molar-refractivity contribution in [3.8, 4) is 0 Å². The third-order valence-corrected chi connectivity index (χ3v) is 3.91. The molecule has 1 aromatic heterocycles. The van der Waals surface area contributed by atoms with Gasteiger partial charge in [-0.15, -0.1) is 0 Å². The van der Waals surface area contributed by atoms with E-state index in [1.54, 1.807) is 0 Å². The van der Waals surface area contributed by atoms with Crippen molar-refractivity contribution in [3.63, 3.8) is 0 Å². The fourth-order valence-corrected chi connectivity index (χ4v) is 3.15. The number of fused-ring (bicyclic) bond motifs is 1. The van der Waals surface area contributed by atoms with Crippen LogP contribution in [-0.2, 0) is 13.0 Å². The predicted molar refractivity (Wildman–Crippen MR) is 89.2 cm³/mol. The number of nitrogens with one attached hydrogen (secondary N) is 1. The van der Waals surface area contributed by atoms with Gasteiger partial charge in [0.2, 0.25) is 0 Å². The Morgan fingerprint density at radius 1 is 1.30 bits per heavy atom. The van der Waals surface area contributed by atoms with Crippen LogP contribution in [0.25, 0.3) is 11.0 Å². The maximum atomic E-state index is 6.15. The molecule has 2 aromatic rings. The zero-order valence-corrected chi connectivity index (χ0v) is 14.4. The van der Waals surface area contributed by atoms with E-state index in [1.165, 1.54) is 16.5 Å². The van der Waals surface area contributed by atoms with Crippen LogP contribution in [0.5, 0.6) is 0 Å². The minimum atomic E-state index is 0.625. The molecule has 2 rings (SSSR count). The second-order valence-electron chi connectivity index (χ2n) is 5.88. The van der Waals surface area contributed by atoms with Crippen LogP contribution >= 0.6 is 15.9 Å². The molecule has 110 valence electrons. The van der Waals surface area contributed by atoms with E-state index in [4.69, 9.17) is 4.42 Å². The number of furan rings is 1. The SMILES string of the molecule is CCCNCc1oc2c(C)cc(Br)cc2c1CC(C)C. The summed E-state index contributed by atoms with van der Waals surface area (Å²) in [5.74, 6) is 1.73. The summed E-state index contributed by atoms with van der Waals surface area (Å²) in [5, 5.41) is 4.72. The van der Waals surface area contributed by atoms with Crippen LogP contribution in [0.1, 0.15) is 44.1 Å². The van der Waals surface area contributed by atoms with Crippen molar-refractivity contribution in [2.45, 2.75) is 47.1 Å². The standard InChI is InChI=1S/C17H24BrNO/c1-5-6-19-10-16-14(7-11(2)3)15-9-13(18)8-12(4)17(15)20-16/h8-9,11,19H,5-7,10H2,1-4H3. The Labute approximate surface area is 130 Å². The van der Waals surface area contributed by atoms with Gasteiger partial charge in [-0.3, -0.25) is 0 Å². The van der Waals surface area contributed by atoms with Crippen molar-refractivity contribution < 1.29 is 4.42 Å². The van der Waals surface area contributed by atoms with Crippen LogP contribution in [0.2, 0.25) is 0 Å². The smallest absolute Gasteiger partial charge is 0.137 e. The van der Waals surface area contributed by atoms with Gasteiger partial charge >= 0.3 is 0 Å². The maximum Gasteiger partial charge on any atom is 0.137 e. The van der Waals surface area contributed by atoms with Crippen LogP contribution in [0.3, 0.4) is 0 Å². The highest BCUT2D eigenvalue weighted by Crippen LogP contribution is 2.33. The van der Waals surface area contributed by atoms with Crippen molar-refractivity contribution >= 4 is 26.9 Å². The van der Waals surface area contributed by atoms with Crippen molar-refractivity contribution in [3.05, 3.63) is 33.5 Å². The molecule has 0 unspecified atom stereocenters. The van der Waals surface area contributed by atoms with Gasteiger partial charge in [0.05, 0.1) is 6.54 Å². The molecule has 0 radical (unpaired) electrons. The number of benzene rings is 1. The van der Waals surface area contributed by atoms with E-state index in [-0.39, 0.29) is 0 Å². The molecule has 1 heterocycles. The lowest BCUT2D eigenvalue weighted by atomic mass is 9.99. The number of hydrogen-bond donors (Lipinski definition) is 1. The Balaban J connectivity index is 2.46. The molecule has 20 heavy (non-hydrogen) atoms. The van der Waals surface area contributed by atoms with E-state index >= 15 is 0 Å². The lowest BCUT2D eigenvalue weighted by Gasteiger charge is -2.07. The molecule has 0 amide bonds. The Morgan fingerprint density at radius 2 is 2.05 bits per heavy atom. The molecule has 0 bridgehead atoms. The summed E-state index contributed by atoms with van der Waals surface area (Å²) in [5.41, 5.74) is 3.60. The largest absolute Gasteiger partial charge is 0.459 e. The summed E-state index contributed by atoms with van der Waals surface area (Å²) >= 11 is 3.60. The highest BCUT2D eigenvalue weighted by atomic mass is 79.9. The molecule has 0 spiro atoms. The quantitative estimate of drug-likeness (QED) is 0.732. The van der Waals surface area contributed by atoms with Gasteiger partial charge in [-0.25, -0.2) is 0 Å². The van der Waals surface area contributed by atoms with Gasteiger partial charge in [0.25, 0.3) is 0 Å². The predicted octanol–water partition coefficient (Wildman–Crippen LogP) is 5.20. The Bertz CT molecular complexity index is 586. The Hall–Kier alpha value is -0.800. The molecule has 0 fully saturated rings. The highest BCUT2D eigenvalue weighted by Gasteiger charge is 2.17. The van der Waals surface area contributed by atoms with Crippen LogP contribution in [0.15, 0.2) is 21.0 Å². The molecule has 0 aliphatic heterocycles. The third-order valence-electron chi connectivity index (χ3n) is 3.45. The fraction of sp³-hybridized carbons (Fsp3) is 0.529. The lowest BCUT2D eigenvalue weighted by Crippen LogP contribution is -2.14. The number of halogens is 1. The summed E-state index contributed by atoms with van der Waals surface area (Å²) < 4.78 is 7.28. The number of hydrogen-bond acceptors (Lipinski definition) is 2. The van der Waals surface area contributed by atoms with Crippen molar-refractivity contribution in [1.82, 2.24) is 5.32 Å². The average Bonchev–Trinajstić information content (AvgIpc) is 2.68. The molecule has 1 N–H and O–H groups in total. The summed E-state index contributed by atoms with van der Waals surface area (Å²) in [6.45, 7) is 10.7.